The zero-order chi connectivity index (χ0) is 17.0. The summed E-state index contributed by atoms with van der Waals surface area (Å²) >= 11 is 0. The highest BCUT2D eigenvalue weighted by Gasteiger charge is 2.35. The number of rotatable bonds is 5. The van der Waals surface area contributed by atoms with Crippen molar-refractivity contribution in [1.29, 1.82) is 0 Å². The summed E-state index contributed by atoms with van der Waals surface area (Å²) in [5.41, 5.74) is 1.64. The van der Waals surface area contributed by atoms with E-state index in [2.05, 4.69) is 5.32 Å². The summed E-state index contributed by atoms with van der Waals surface area (Å²) in [7, 11) is 0. The molecule has 0 aliphatic carbocycles. The van der Waals surface area contributed by atoms with E-state index >= 15 is 0 Å². The van der Waals surface area contributed by atoms with Crippen molar-refractivity contribution in [3.8, 4) is 0 Å². The number of carbonyl (C=O) groups excluding carboxylic acids is 2. The number of ether oxygens (including phenoxy) is 1. The van der Waals surface area contributed by atoms with Crippen LogP contribution in [-0.2, 0) is 14.3 Å². The zero-order valence-corrected chi connectivity index (χ0v) is 13.8. The van der Waals surface area contributed by atoms with Crippen molar-refractivity contribution >= 4 is 17.5 Å². The summed E-state index contributed by atoms with van der Waals surface area (Å²) in [6, 6.07) is 7.40. The molecule has 1 heterocycles. The number of aliphatic hydroxyl groups is 1. The molecule has 1 saturated heterocycles. The molecule has 2 amide bonds. The second-order valence-electron chi connectivity index (χ2n) is 6.13. The van der Waals surface area contributed by atoms with Crippen LogP contribution >= 0.6 is 0 Å². The number of anilines is 1. The number of para-hydroxylation sites is 1. The van der Waals surface area contributed by atoms with Gasteiger partial charge in [-0.2, -0.15) is 0 Å². The summed E-state index contributed by atoms with van der Waals surface area (Å²) in [5.74, 6) is -0.656. The molecular formula is C17H24N2O4. The molecule has 1 aliphatic rings. The third-order valence-electron chi connectivity index (χ3n) is 3.77. The number of nitrogens with zero attached hydrogens (tertiary/aromatic N) is 1. The number of hydrogen-bond donors (Lipinski definition) is 2. The quantitative estimate of drug-likeness (QED) is 0.802. The molecule has 2 rings (SSSR count). The van der Waals surface area contributed by atoms with Gasteiger partial charge in [0, 0.05) is 18.8 Å². The van der Waals surface area contributed by atoms with Crippen LogP contribution < -0.4 is 5.32 Å². The number of aliphatic hydroxyl groups excluding tert-OH is 1. The highest BCUT2D eigenvalue weighted by molar-refractivity contribution is 6.03. The number of benzene rings is 1. The molecule has 23 heavy (non-hydrogen) atoms. The van der Waals surface area contributed by atoms with Crippen molar-refractivity contribution in [3.63, 3.8) is 0 Å². The average Bonchev–Trinajstić information content (AvgIpc) is 2.82. The van der Waals surface area contributed by atoms with Gasteiger partial charge in [0.2, 0.25) is 11.8 Å². The van der Waals surface area contributed by atoms with E-state index in [1.807, 2.05) is 39.0 Å². The maximum absolute atomic E-state index is 12.2. The summed E-state index contributed by atoms with van der Waals surface area (Å²) < 4.78 is 5.58. The minimum atomic E-state index is -0.708. The van der Waals surface area contributed by atoms with E-state index in [-0.39, 0.29) is 30.9 Å². The molecule has 1 aromatic carbocycles. The van der Waals surface area contributed by atoms with Crippen molar-refractivity contribution in [2.45, 2.75) is 45.5 Å². The Morgan fingerprint density at radius 3 is 2.70 bits per heavy atom. The maximum atomic E-state index is 12.2. The van der Waals surface area contributed by atoms with Crippen LogP contribution in [0.4, 0.5) is 5.69 Å². The van der Waals surface area contributed by atoms with Crippen LogP contribution in [0.2, 0.25) is 0 Å². The molecule has 2 atom stereocenters. The lowest BCUT2D eigenvalue weighted by Gasteiger charge is -2.18. The molecule has 0 saturated carbocycles. The van der Waals surface area contributed by atoms with Gasteiger partial charge in [0.1, 0.15) is 12.5 Å². The molecule has 126 valence electrons. The van der Waals surface area contributed by atoms with E-state index in [4.69, 9.17) is 4.74 Å². The number of carbonyl (C=O) groups is 2. The van der Waals surface area contributed by atoms with Gasteiger partial charge in [0.15, 0.2) is 0 Å². The monoisotopic (exact) mass is 320 g/mol. The van der Waals surface area contributed by atoms with Crippen LogP contribution in [0.25, 0.3) is 0 Å². The first-order chi connectivity index (χ1) is 10.9. The number of nitrogens with one attached hydrogen (secondary N) is 1. The molecule has 1 aliphatic heterocycles. The van der Waals surface area contributed by atoms with Crippen molar-refractivity contribution in [2.75, 3.05) is 18.4 Å². The van der Waals surface area contributed by atoms with Gasteiger partial charge in [0.05, 0.1) is 12.2 Å². The lowest BCUT2D eigenvalue weighted by Crippen LogP contribution is -2.33. The van der Waals surface area contributed by atoms with E-state index in [1.165, 1.54) is 4.90 Å². The summed E-state index contributed by atoms with van der Waals surface area (Å²) in [6.07, 6.45) is -1.36. The number of likely N-dealkylation sites (tertiary alicyclic amines) is 1. The van der Waals surface area contributed by atoms with Crippen LogP contribution in [0.15, 0.2) is 24.3 Å². The van der Waals surface area contributed by atoms with Crippen molar-refractivity contribution < 1.29 is 19.4 Å². The van der Waals surface area contributed by atoms with Gasteiger partial charge >= 0.3 is 0 Å². The minimum absolute atomic E-state index is 0.0194. The molecule has 0 spiro atoms. The Balaban J connectivity index is 1.87. The van der Waals surface area contributed by atoms with Gasteiger partial charge in [0.25, 0.3) is 0 Å². The van der Waals surface area contributed by atoms with E-state index in [1.54, 1.807) is 6.07 Å². The van der Waals surface area contributed by atoms with Crippen LogP contribution in [0.1, 0.15) is 25.8 Å². The Morgan fingerprint density at radius 1 is 1.35 bits per heavy atom. The predicted molar refractivity (Wildman–Crippen MR) is 87.0 cm³/mol. The molecule has 2 N–H and O–H groups in total. The Morgan fingerprint density at radius 2 is 2.04 bits per heavy atom. The first kappa shape index (κ1) is 17.4. The fourth-order valence-corrected chi connectivity index (χ4v) is 2.60. The highest BCUT2D eigenvalue weighted by Crippen LogP contribution is 2.17. The number of amides is 2. The van der Waals surface area contributed by atoms with Gasteiger partial charge < -0.3 is 20.1 Å². The lowest BCUT2D eigenvalue weighted by molar-refractivity contribution is -0.134. The van der Waals surface area contributed by atoms with Gasteiger partial charge in [-0.05, 0) is 32.4 Å². The summed E-state index contributed by atoms with van der Waals surface area (Å²) in [6.45, 7) is 6.17. The van der Waals surface area contributed by atoms with E-state index in [9.17, 15) is 14.7 Å². The predicted octanol–water partition coefficient (Wildman–Crippen LogP) is 1.32. The minimum Gasteiger partial charge on any atom is -0.388 e. The van der Waals surface area contributed by atoms with Gasteiger partial charge in [-0.15, -0.1) is 0 Å². The number of hydrogen-bond acceptors (Lipinski definition) is 4. The third-order valence-corrected chi connectivity index (χ3v) is 3.77. The first-order valence-corrected chi connectivity index (χ1v) is 7.83. The topological polar surface area (TPSA) is 78.9 Å². The van der Waals surface area contributed by atoms with Crippen LogP contribution in [0.5, 0.6) is 0 Å². The number of β-amino-alcohol motifs (C(OH)–C–C–N with tert-alkyl or cyclic N) is 1. The molecule has 0 unspecified atom stereocenters. The van der Waals surface area contributed by atoms with Crippen LogP contribution in [0, 0.1) is 6.92 Å². The fraction of sp³-hybridized carbons (Fsp3) is 0.529. The summed E-state index contributed by atoms with van der Waals surface area (Å²) in [4.78, 5) is 25.7. The Labute approximate surface area is 136 Å². The molecule has 6 nitrogen and oxygen atoms in total. The summed E-state index contributed by atoms with van der Waals surface area (Å²) in [5, 5.41) is 12.7. The lowest BCUT2D eigenvalue weighted by atomic mass is 10.2. The van der Waals surface area contributed by atoms with Crippen molar-refractivity contribution in [1.82, 2.24) is 4.90 Å². The molecule has 0 bridgehead atoms. The number of aryl methyl sites for hydroxylation is 1. The molecule has 0 aromatic heterocycles. The first-order valence-electron chi connectivity index (χ1n) is 7.83. The molecule has 1 aromatic rings. The Hall–Kier alpha value is -1.92. The average molecular weight is 320 g/mol. The van der Waals surface area contributed by atoms with Crippen molar-refractivity contribution in [3.05, 3.63) is 29.8 Å². The van der Waals surface area contributed by atoms with E-state index in [0.29, 0.717) is 12.2 Å². The largest absolute Gasteiger partial charge is 0.388 e. The fourth-order valence-electron chi connectivity index (χ4n) is 2.60. The van der Waals surface area contributed by atoms with Crippen molar-refractivity contribution in [2.24, 2.45) is 0 Å². The zero-order valence-electron chi connectivity index (χ0n) is 13.8. The van der Waals surface area contributed by atoms with E-state index < -0.39 is 12.2 Å². The molecule has 6 heteroatoms. The normalized spacial score (nSPS) is 20.8. The van der Waals surface area contributed by atoms with Gasteiger partial charge in [-0.3, -0.25) is 9.59 Å². The third kappa shape index (κ3) is 4.77. The smallest absolute Gasteiger partial charge is 0.233 e. The van der Waals surface area contributed by atoms with Crippen LogP contribution in [0.3, 0.4) is 0 Å². The van der Waals surface area contributed by atoms with E-state index in [0.717, 1.165) is 5.56 Å². The maximum Gasteiger partial charge on any atom is 0.233 e. The Bertz CT molecular complexity index is 573. The van der Waals surface area contributed by atoms with Gasteiger partial charge in [-0.1, -0.05) is 18.2 Å². The second-order valence-corrected chi connectivity index (χ2v) is 6.13. The van der Waals surface area contributed by atoms with Gasteiger partial charge in [-0.25, -0.2) is 0 Å². The molecule has 0 radical (unpaired) electrons. The Kier molecular flexibility index (Phi) is 5.74. The van der Waals surface area contributed by atoms with Crippen LogP contribution in [-0.4, -0.2) is 53.2 Å². The SMILES string of the molecule is Cc1ccccc1NC(=O)CC(=O)N1C[C@@H](O)[C@H](OC(C)C)C1. The molecule has 1 fully saturated rings. The second kappa shape index (κ2) is 7.57. The molecular weight excluding hydrogens is 296 g/mol. The highest BCUT2D eigenvalue weighted by atomic mass is 16.5. The standard InChI is InChI=1S/C17H24N2O4/c1-11(2)23-15-10-19(9-14(15)20)17(22)8-16(21)18-13-7-5-4-6-12(13)3/h4-7,11,14-15,20H,8-10H2,1-3H3,(H,18,21)/t14-,15-/m1/s1.